The minimum atomic E-state index is -0.397. The van der Waals surface area contributed by atoms with Gasteiger partial charge in [0.05, 0.1) is 4.24 Å². The van der Waals surface area contributed by atoms with E-state index in [1.54, 1.807) is 24.5 Å². The van der Waals surface area contributed by atoms with Crippen LogP contribution in [0.3, 0.4) is 0 Å². The first kappa shape index (κ1) is 18.4. The van der Waals surface area contributed by atoms with Crippen LogP contribution < -0.4 is 5.43 Å². The van der Waals surface area contributed by atoms with Crippen LogP contribution in [0, 0.1) is 0 Å². The molecule has 0 radical (unpaired) electrons. The fourth-order valence-corrected chi connectivity index (χ4v) is 3.72. The summed E-state index contributed by atoms with van der Waals surface area (Å²) in [5.41, 5.74) is 2.31. The van der Waals surface area contributed by atoms with Crippen molar-refractivity contribution in [3.63, 3.8) is 0 Å². The minimum Gasteiger partial charge on any atom is -0.277 e. The van der Waals surface area contributed by atoms with Crippen LogP contribution in [0.25, 0.3) is 0 Å². The molecule has 2 amide bonds. The number of hydrogen-bond donors (Lipinski definition) is 2. The molecule has 124 valence electrons. The van der Waals surface area contributed by atoms with E-state index < -0.39 is 5.91 Å². The lowest BCUT2D eigenvalue weighted by Gasteiger charge is -2.18. The van der Waals surface area contributed by atoms with Crippen LogP contribution in [0.2, 0.25) is 0 Å². The summed E-state index contributed by atoms with van der Waals surface area (Å²) >= 11 is 6.89. The molecule has 0 aliphatic carbocycles. The Labute approximate surface area is 153 Å². The number of rotatable bonds is 7. The molecule has 0 unspecified atom stereocenters. The zero-order valence-corrected chi connectivity index (χ0v) is 15.1. The number of thioether (sulfide) groups is 2. The van der Waals surface area contributed by atoms with Crippen LogP contribution in [0.5, 0.6) is 0 Å². The van der Waals surface area contributed by atoms with Gasteiger partial charge in [0.2, 0.25) is 6.41 Å². The van der Waals surface area contributed by atoms with Crippen LogP contribution in [-0.2, 0) is 9.59 Å². The largest absolute Gasteiger partial charge is 0.280 e. The zero-order chi connectivity index (χ0) is 17.4. The summed E-state index contributed by atoms with van der Waals surface area (Å²) in [4.78, 5) is 31.9. The van der Waals surface area contributed by atoms with Gasteiger partial charge in [-0.3, -0.25) is 20.0 Å². The summed E-state index contributed by atoms with van der Waals surface area (Å²) in [6.07, 6.45) is 3.74. The molecule has 6 nitrogen and oxygen atoms in total. The van der Waals surface area contributed by atoms with E-state index in [1.807, 2.05) is 24.3 Å². The summed E-state index contributed by atoms with van der Waals surface area (Å²) in [5, 5.41) is 2.45. The van der Waals surface area contributed by atoms with Gasteiger partial charge in [-0.2, -0.15) is 0 Å². The number of likely N-dealkylation sites (N-methyl/N-ethyl adjacent to an activating group) is 1. The third-order valence-electron chi connectivity index (χ3n) is 2.62. The molecular formula is C15H14N4O2S3. The van der Waals surface area contributed by atoms with Crippen molar-refractivity contribution in [2.75, 3.05) is 7.05 Å². The Morgan fingerprint density at radius 3 is 2.21 bits per heavy atom. The SMILES string of the molecule is CN(NC=O)C(=O)/C(Sc1ccccn1)=C(\S)Sc1ccccn1. The van der Waals surface area contributed by atoms with Crippen LogP contribution in [0.15, 0.2) is 68.0 Å². The molecule has 0 bridgehead atoms. The minimum absolute atomic E-state index is 0.338. The van der Waals surface area contributed by atoms with Gasteiger partial charge in [-0.15, -0.1) is 12.6 Å². The molecule has 0 aromatic carbocycles. The van der Waals surface area contributed by atoms with Crippen LogP contribution in [0.4, 0.5) is 0 Å². The lowest BCUT2D eigenvalue weighted by atomic mass is 10.5. The molecule has 0 aliphatic heterocycles. The highest BCUT2D eigenvalue weighted by Gasteiger charge is 2.21. The van der Waals surface area contributed by atoms with Gasteiger partial charge in [-0.1, -0.05) is 35.7 Å². The average Bonchev–Trinajstić information content (AvgIpc) is 2.61. The van der Waals surface area contributed by atoms with Crippen molar-refractivity contribution in [3.8, 4) is 0 Å². The Morgan fingerprint density at radius 1 is 1.12 bits per heavy atom. The van der Waals surface area contributed by atoms with E-state index in [2.05, 4.69) is 28.0 Å². The number of carbonyl (C=O) groups excluding carboxylic acids is 2. The van der Waals surface area contributed by atoms with Crippen molar-refractivity contribution in [2.24, 2.45) is 0 Å². The van der Waals surface area contributed by atoms with Crippen LogP contribution in [0.1, 0.15) is 0 Å². The molecule has 0 spiro atoms. The number of thiol groups is 1. The second-order valence-corrected chi connectivity index (χ2v) is 7.10. The second-order valence-electron chi connectivity index (χ2n) is 4.29. The molecule has 0 saturated carbocycles. The van der Waals surface area contributed by atoms with Gasteiger partial charge in [-0.05, 0) is 24.3 Å². The number of nitrogens with one attached hydrogen (secondary N) is 1. The first-order valence-corrected chi connectivity index (χ1v) is 8.78. The maximum Gasteiger partial charge on any atom is 0.280 e. The van der Waals surface area contributed by atoms with Gasteiger partial charge >= 0.3 is 0 Å². The third kappa shape index (κ3) is 5.29. The normalized spacial score (nSPS) is 11.4. The molecule has 1 N–H and O–H groups in total. The Morgan fingerprint density at radius 2 is 1.71 bits per heavy atom. The van der Waals surface area contributed by atoms with Crippen molar-refractivity contribution in [1.82, 2.24) is 20.4 Å². The highest BCUT2D eigenvalue weighted by Crippen LogP contribution is 2.37. The van der Waals surface area contributed by atoms with Gasteiger partial charge in [0, 0.05) is 19.4 Å². The van der Waals surface area contributed by atoms with E-state index in [1.165, 1.54) is 30.6 Å². The molecule has 0 fully saturated rings. The van der Waals surface area contributed by atoms with Crippen molar-refractivity contribution in [1.29, 1.82) is 0 Å². The van der Waals surface area contributed by atoms with Gasteiger partial charge < -0.3 is 0 Å². The van der Waals surface area contributed by atoms with Gasteiger partial charge in [-0.25, -0.2) is 9.97 Å². The molecule has 0 saturated heterocycles. The number of hydrogen-bond acceptors (Lipinski definition) is 7. The van der Waals surface area contributed by atoms with E-state index >= 15 is 0 Å². The lowest BCUT2D eigenvalue weighted by Crippen LogP contribution is -2.39. The summed E-state index contributed by atoms with van der Waals surface area (Å²) in [6.45, 7) is 0. The van der Waals surface area contributed by atoms with E-state index in [4.69, 9.17) is 0 Å². The monoisotopic (exact) mass is 378 g/mol. The summed E-state index contributed by atoms with van der Waals surface area (Å²) < 4.78 is 0.467. The molecule has 2 aromatic rings. The summed E-state index contributed by atoms with van der Waals surface area (Å²) in [7, 11) is 1.46. The summed E-state index contributed by atoms with van der Waals surface area (Å²) in [6, 6.07) is 10.9. The van der Waals surface area contributed by atoms with Gasteiger partial charge in [0.1, 0.15) is 15.0 Å². The highest BCUT2D eigenvalue weighted by atomic mass is 32.2. The second kappa shape index (κ2) is 9.36. The smallest absolute Gasteiger partial charge is 0.277 e. The number of nitrogens with zero attached hydrogens (tertiary/aromatic N) is 3. The number of carbonyl (C=O) groups is 2. The maximum absolute atomic E-state index is 12.6. The van der Waals surface area contributed by atoms with Gasteiger partial charge in [0.15, 0.2) is 0 Å². The van der Waals surface area contributed by atoms with E-state index in [0.29, 0.717) is 25.6 Å². The number of aromatic nitrogens is 2. The van der Waals surface area contributed by atoms with Crippen molar-refractivity contribution < 1.29 is 9.59 Å². The van der Waals surface area contributed by atoms with Crippen LogP contribution >= 0.6 is 36.2 Å². The fourth-order valence-electron chi connectivity index (χ4n) is 1.53. The molecule has 0 atom stereocenters. The van der Waals surface area contributed by atoms with E-state index in [9.17, 15) is 9.59 Å². The van der Waals surface area contributed by atoms with Crippen LogP contribution in [-0.4, -0.2) is 34.3 Å². The van der Waals surface area contributed by atoms with E-state index in [0.717, 1.165) is 5.01 Å². The lowest BCUT2D eigenvalue weighted by molar-refractivity contribution is -0.131. The maximum atomic E-state index is 12.6. The quantitative estimate of drug-likeness (QED) is 0.254. The molecular weight excluding hydrogens is 364 g/mol. The molecule has 2 rings (SSSR count). The number of amides is 2. The first-order chi connectivity index (χ1) is 11.6. The van der Waals surface area contributed by atoms with Crippen molar-refractivity contribution >= 4 is 48.5 Å². The standard InChI is InChI=1S/C15H14N4O2S3/c1-19(18-10-20)14(21)13(23-11-6-2-4-8-16-11)15(22)24-12-7-3-5-9-17-12/h2-10,22H,1H3,(H,18,20)/b15-13-. The zero-order valence-electron chi connectivity index (χ0n) is 12.6. The molecule has 0 aliphatic rings. The van der Waals surface area contributed by atoms with Crippen molar-refractivity contribution in [3.05, 3.63) is 57.9 Å². The van der Waals surface area contributed by atoms with Gasteiger partial charge in [0.25, 0.3) is 5.91 Å². The summed E-state index contributed by atoms with van der Waals surface area (Å²) in [5.74, 6) is -0.397. The predicted octanol–water partition coefficient (Wildman–Crippen LogP) is 2.58. The predicted molar refractivity (Wildman–Crippen MR) is 98.2 cm³/mol. The Kier molecular flexibility index (Phi) is 7.16. The van der Waals surface area contributed by atoms with E-state index in [-0.39, 0.29) is 0 Å². The molecule has 24 heavy (non-hydrogen) atoms. The Balaban J connectivity index is 2.31. The first-order valence-electron chi connectivity index (χ1n) is 6.70. The Bertz CT molecular complexity index is 726. The third-order valence-corrected chi connectivity index (χ3v) is 5.28. The molecule has 2 heterocycles. The number of hydrazine groups is 1. The fraction of sp³-hybridized carbons (Fsp3) is 0.0667. The number of pyridine rings is 2. The topological polar surface area (TPSA) is 75.2 Å². The Hall–Kier alpha value is -1.97. The highest BCUT2D eigenvalue weighted by molar-refractivity contribution is 8.17. The molecule has 9 heteroatoms. The average molecular weight is 379 g/mol. The van der Waals surface area contributed by atoms with Crippen molar-refractivity contribution in [2.45, 2.75) is 10.1 Å². The molecule has 2 aromatic heterocycles.